The first-order valence-electron chi connectivity index (χ1n) is 3.91. The van der Waals surface area contributed by atoms with Crippen LogP contribution in [0, 0.1) is 0 Å². The van der Waals surface area contributed by atoms with Gasteiger partial charge in [-0.15, -0.1) is 17.9 Å². The number of nitrogens with two attached hydrogens (primary N) is 1. The molecule has 0 spiro atoms. The molecule has 1 amide bonds. The Balaban J connectivity index is 2.67. The summed E-state index contributed by atoms with van der Waals surface area (Å²) >= 11 is 1.58. The summed E-state index contributed by atoms with van der Waals surface area (Å²) in [5.41, 5.74) is 5.12. The predicted molar refractivity (Wildman–Crippen MR) is 55.9 cm³/mol. The highest BCUT2D eigenvalue weighted by Crippen LogP contribution is 2.20. The molecule has 3 nitrogen and oxygen atoms in total. The molecule has 0 aliphatic carbocycles. The van der Waals surface area contributed by atoms with Crippen molar-refractivity contribution in [1.82, 2.24) is 0 Å². The van der Waals surface area contributed by atoms with E-state index in [1.165, 1.54) is 0 Å². The fraction of sp³-hybridized carbons (Fsp3) is 0.222. The van der Waals surface area contributed by atoms with Crippen LogP contribution in [0.5, 0.6) is 0 Å². The Morgan fingerprint density at radius 2 is 2.54 bits per heavy atom. The average Bonchev–Trinajstić information content (AvgIpc) is 2.54. The molecule has 0 saturated carbocycles. The van der Waals surface area contributed by atoms with Gasteiger partial charge in [0, 0.05) is 6.54 Å². The van der Waals surface area contributed by atoms with Crippen molar-refractivity contribution in [1.29, 1.82) is 0 Å². The first-order valence-corrected chi connectivity index (χ1v) is 4.79. The van der Waals surface area contributed by atoms with E-state index in [1.54, 1.807) is 17.4 Å². The van der Waals surface area contributed by atoms with Crippen LogP contribution in [0.4, 0.5) is 5.00 Å². The molecule has 0 radical (unpaired) electrons. The summed E-state index contributed by atoms with van der Waals surface area (Å²) in [6.07, 6.45) is 1.75. The molecule has 1 aromatic heterocycles. The van der Waals surface area contributed by atoms with E-state index in [-0.39, 0.29) is 12.5 Å². The number of rotatable bonds is 5. The van der Waals surface area contributed by atoms with E-state index in [9.17, 15) is 4.79 Å². The van der Waals surface area contributed by atoms with Gasteiger partial charge in [-0.25, -0.2) is 0 Å². The van der Waals surface area contributed by atoms with E-state index in [4.69, 9.17) is 5.73 Å². The van der Waals surface area contributed by atoms with Crippen molar-refractivity contribution in [3.05, 3.63) is 30.2 Å². The quantitative estimate of drug-likeness (QED) is 0.720. The lowest BCUT2D eigenvalue weighted by Gasteiger charge is -2.18. The average molecular weight is 196 g/mol. The molecular formula is C9H12N2OS. The Hall–Kier alpha value is -1.29. The summed E-state index contributed by atoms with van der Waals surface area (Å²) in [5, 5.41) is 3.01. The minimum Gasteiger partial charge on any atom is -0.368 e. The summed E-state index contributed by atoms with van der Waals surface area (Å²) < 4.78 is 0. The van der Waals surface area contributed by atoms with Crippen LogP contribution in [0.2, 0.25) is 0 Å². The van der Waals surface area contributed by atoms with Gasteiger partial charge in [0.25, 0.3) is 0 Å². The van der Waals surface area contributed by atoms with Crippen molar-refractivity contribution in [3.63, 3.8) is 0 Å². The topological polar surface area (TPSA) is 46.3 Å². The minimum absolute atomic E-state index is 0.243. The molecule has 4 heteroatoms. The van der Waals surface area contributed by atoms with E-state index in [2.05, 4.69) is 6.58 Å². The van der Waals surface area contributed by atoms with Crippen LogP contribution in [0.15, 0.2) is 30.2 Å². The number of hydrogen-bond acceptors (Lipinski definition) is 3. The largest absolute Gasteiger partial charge is 0.368 e. The van der Waals surface area contributed by atoms with Crippen molar-refractivity contribution in [2.45, 2.75) is 0 Å². The number of nitrogens with zero attached hydrogens (tertiary/aromatic N) is 1. The van der Waals surface area contributed by atoms with Crippen LogP contribution in [-0.2, 0) is 4.79 Å². The second-order valence-corrected chi connectivity index (χ2v) is 3.51. The highest BCUT2D eigenvalue weighted by atomic mass is 32.1. The van der Waals surface area contributed by atoms with Gasteiger partial charge in [-0.1, -0.05) is 6.08 Å². The molecule has 13 heavy (non-hydrogen) atoms. The van der Waals surface area contributed by atoms with Gasteiger partial charge >= 0.3 is 0 Å². The lowest BCUT2D eigenvalue weighted by atomic mass is 10.4. The molecule has 1 aromatic rings. The van der Waals surface area contributed by atoms with Crippen LogP contribution in [-0.4, -0.2) is 19.0 Å². The van der Waals surface area contributed by atoms with Gasteiger partial charge in [-0.2, -0.15) is 0 Å². The highest BCUT2D eigenvalue weighted by molar-refractivity contribution is 7.14. The maximum atomic E-state index is 10.7. The van der Waals surface area contributed by atoms with Crippen LogP contribution >= 0.6 is 11.3 Å². The molecule has 1 heterocycles. The summed E-state index contributed by atoms with van der Waals surface area (Å²) in [6, 6.07) is 3.90. The van der Waals surface area contributed by atoms with Crippen LogP contribution < -0.4 is 10.6 Å². The van der Waals surface area contributed by atoms with Gasteiger partial charge in [0.15, 0.2) is 0 Å². The number of primary amides is 1. The molecule has 0 fully saturated rings. The van der Waals surface area contributed by atoms with Gasteiger partial charge < -0.3 is 10.6 Å². The summed E-state index contributed by atoms with van der Waals surface area (Å²) in [5.74, 6) is -0.324. The van der Waals surface area contributed by atoms with Gasteiger partial charge in [0.2, 0.25) is 5.91 Å². The first kappa shape index (κ1) is 9.80. The number of carbonyl (C=O) groups excluding carboxylic acids is 1. The summed E-state index contributed by atoms with van der Waals surface area (Å²) in [4.78, 5) is 12.6. The van der Waals surface area contributed by atoms with E-state index in [0.717, 1.165) is 5.00 Å². The lowest BCUT2D eigenvalue weighted by molar-refractivity contribution is -0.116. The van der Waals surface area contributed by atoms with Gasteiger partial charge in [-0.05, 0) is 17.5 Å². The van der Waals surface area contributed by atoms with Gasteiger partial charge in [-0.3, -0.25) is 4.79 Å². The number of carbonyl (C=O) groups is 1. The Labute approximate surface area is 81.5 Å². The second kappa shape index (κ2) is 4.67. The fourth-order valence-corrected chi connectivity index (χ4v) is 1.77. The molecular weight excluding hydrogens is 184 g/mol. The Morgan fingerprint density at radius 1 is 1.77 bits per heavy atom. The SMILES string of the molecule is C=CCN(CC(N)=O)c1cccs1. The van der Waals surface area contributed by atoms with Gasteiger partial charge in [0.1, 0.15) is 0 Å². The standard InChI is InChI=1S/C9H12N2OS/c1-2-5-11(7-8(10)12)9-4-3-6-13-9/h2-4,6H,1,5,7H2,(H2,10,12). The zero-order chi connectivity index (χ0) is 9.68. The summed E-state index contributed by atoms with van der Waals surface area (Å²) in [7, 11) is 0. The van der Waals surface area contributed by atoms with Crippen molar-refractivity contribution in [2.24, 2.45) is 5.73 Å². The molecule has 0 aliphatic heterocycles. The van der Waals surface area contributed by atoms with E-state index < -0.39 is 0 Å². The second-order valence-electron chi connectivity index (χ2n) is 2.59. The van der Waals surface area contributed by atoms with Crippen molar-refractivity contribution < 1.29 is 4.79 Å². The Kier molecular flexibility index (Phi) is 3.52. The number of thiophene rings is 1. The zero-order valence-electron chi connectivity index (χ0n) is 7.27. The first-order chi connectivity index (χ1) is 6.24. The lowest BCUT2D eigenvalue weighted by Crippen LogP contribution is -2.33. The molecule has 0 bridgehead atoms. The minimum atomic E-state index is -0.324. The Morgan fingerprint density at radius 3 is 3.00 bits per heavy atom. The maximum absolute atomic E-state index is 10.7. The van der Waals surface area contributed by atoms with Crippen molar-refractivity contribution in [2.75, 3.05) is 18.0 Å². The molecule has 0 unspecified atom stereocenters. The van der Waals surface area contributed by atoms with E-state index in [1.807, 2.05) is 22.4 Å². The number of amides is 1. The molecule has 0 saturated heterocycles. The predicted octanol–water partition coefficient (Wildman–Crippen LogP) is 1.23. The molecule has 0 atom stereocenters. The normalized spacial score (nSPS) is 9.54. The third kappa shape index (κ3) is 2.91. The molecule has 2 N–H and O–H groups in total. The third-order valence-corrected chi connectivity index (χ3v) is 2.44. The fourth-order valence-electron chi connectivity index (χ4n) is 1.03. The maximum Gasteiger partial charge on any atom is 0.236 e. The van der Waals surface area contributed by atoms with Crippen LogP contribution in [0.1, 0.15) is 0 Å². The van der Waals surface area contributed by atoms with E-state index >= 15 is 0 Å². The van der Waals surface area contributed by atoms with Gasteiger partial charge in [0.05, 0.1) is 11.5 Å². The van der Waals surface area contributed by atoms with Crippen LogP contribution in [0.3, 0.4) is 0 Å². The molecule has 0 aliphatic rings. The monoisotopic (exact) mass is 196 g/mol. The Bertz CT molecular complexity index is 282. The van der Waals surface area contributed by atoms with Crippen LogP contribution in [0.25, 0.3) is 0 Å². The molecule has 0 aromatic carbocycles. The number of hydrogen-bond donors (Lipinski definition) is 1. The van der Waals surface area contributed by atoms with Crippen molar-refractivity contribution >= 4 is 22.2 Å². The summed E-state index contributed by atoms with van der Waals surface area (Å²) in [6.45, 7) is 4.51. The molecule has 70 valence electrons. The third-order valence-electron chi connectivity index (χ3n) is 1.51. The highest BCUT2D eigenvalue weighted by Gasteiger charge is 2.07. The smallest absolute Gasteiger partial charge is 0.236 e. The van der Waals surface area contributed by atoms with E-state index in [0.29, 0.717) is 6.54 Å². The zero-order valence-corrected chi connectivity index (χ0v) is 8.09. The van der Waals surface area contributed by atoms with Crippen molar-refractivity contribution in [3.8, 4) is 0 Å². The number of anilines is 1. The molecule has 1 rings (SSSR count).